The van der Waals surface area contributed by atoms with Crippen LogP contribution >= 0.6 is 23.4 Å². The zero-order valence-corrected chi connectivity index (χ0v) is 20.8. The van der Waals surface area contributed by atoms with Crippen LogP contribution in [0.5, 0.6) is 0 Å². The molecule has 0 bridgehead atoms. The van der Waals surface area contributed by atoms with Crippen molar-refractivity contribution in [1.82, 2.24) is 9.55 Å². The molecule has 5 nitrogen and oxygen atoms in total. The highest BCUT2D eigenvalue weighted by atomic mass is 35.5. The molecule has 0 radical (unpaired) electrons. The topological polar surface area (TPSA) is 61.2 Å². The fourth-order valence-corrected chi connectivity index (χ4v) is 4.90. The van der Waals surface area contributed by atoms with Crippen LogP contribution in [0.4, 0.5) is 0 Å². The van der Waals surface area contributed by atoms with Crippen molar-refractivity contribution in [3.8, 4) is 0 Å². The van der Waals surface area contributed by atoms with Gasteiger partial charge in [0.25, 0.3) is 5.56 Å². The van der Waals surface area contributed by atoms with Crippen LogP contribution in [0.1, 0.15) is 51.5 Å². The van der Waals surface area contributed by atoms with E-state index in [4.69, 9.17) is 16.3 Å². The van der Waals surface area contributed by atoms with E-state index in [-0.39, 0.29) is 11.5 Å². The molecule has 3 aromatic rings. The SMILES string of the molecule is CCCCC(CC)COC(=O)CCSc1ccc2ncn(Cc3ccccc3)c(=O)c2c1Cl. The van der Waals surface area contributed by atoms with E-state index in [9.17, 15) is 9.59 Å². The van der Waals surface area contributed by atoms with Crippen molar-refractivity contribution < 1.29 is 9.53 Å². The van der Waals surface area contributed by atoms with Gasteiger partial charge in [0, 0.05) is 10.6 Å². The number of rotatable bonds is 12. The zero-order valence-electron chi connectivity index (χ0n) is 19.3. The van der Waals surface area contributed by atoms with Crippen LogP contribution < -0.4 is 5.56 Å². The quantitative estimate of drug-likeness (QED) is 0.221. The molecule has 2 aromatic carbocycles. The van der Waals surface area contributed by atoms with E-state index in [1.54, 1.807) is 17.0 Å². The number of halogens is 1. The third-order valence-corrected chi connectivity index (χ3v) is 7.24. The molecule has 0 spiro atoms. The van der Waals surface area contributed by atoms with Gasteiger partial charge in [-0.05, 0) is 30.0 Å². The molecule has 0 aliphatic heterocycles. The lowest BCUT2D eigenvalue weighted by molar-refractivity contribution is -0.144. The van der Waals surface area contributed by atoms with Crippen LogP contribution in [0.25, 0.3) is 10.9 Å². The molecule has 0 saturated carbocycles. The summed E-state index contributed by atoms with van der Waals surface area (Å²) >= 11 is 8.07. The Morgan fingerprint density at radius 2 is 1.97 bits per heavy atom. The van der Waals surface area contributed by atoms with Gasteiger partial charge in [-0.25, -0.2) is 4.98 Å². The predicted molar refractivity (Wildman–Crippen MR) is 136 cm³/mol. The van der Waals surface area contributed by atoms with Gasteiger partial charge in [0.2, 0.25) is 0 Å². The molecule has 33 heavy (non-hydrogen) atoms. The van der Waals surface area contributed by atoms with E-state index in [1.807, 2.05) is 36.4 Å². The van der Waals surface area contributed by atoms with Crippen molar-refractivity contribution >= 4 is 40.2 Å². The van der Waals surface area contributed by atoms with Gasteiger partial charge >= 0.3 is 5.97 Å². The van der Waals surface area contributed by atoms with Crippen molar-refractivity contribution in [2.75, 3.05) is 12.4 Å². The summed E-state index contributed by atoms with van der Waals surface area (Å²) in [7, 11) is 0. The second-order valence-corrected chi connectivity index (χ2v) is 9.65. The summed E-state index contributed by atoms with van der Waals surface area (Å²) in [4.78, 5) is 30.4. The highest BCUT2D eigenvalue weighted by molar-refractivity contribution is 7.99. The molecule has 0 saturated heterocycles. The lowest BCUT2D eigenvalue weighted by atomic mass is 10.0. The number of unbranched alkanes of at least 4 members (excludes halogenated alkanes) is 1. The van der Waals surface area contributed by atoms with Crippen molar-refractivity contribution in [2.45, 2.75) is 57.4 Å². The average Bonchev–Trinajstić information content (AvgIpc) is 2.83. The number of carbonyl (C=O) groups excluding carboxylic acids is 1. The molecule has 0 aliphatic carbocycles. The maximum absolute atomic E-state index is 13.1. The normalized spacial score (nSPS) is 12.1. The molecule has 1 heterocycles. The van der Waals surface area contributed by atoms with Gasteiger partial charge < -0.3 is 4.74 Å². The Balaban J connectivity index is 1.63. The molecular formula is C26H31ClN2O3S. The van der Waals surface area contributed by atoms with Gasteiger partial charge in [-0.1, -0.05) is 75.0 Å². The van der Waals surface area contributed by atoms with Crippen molar-refractivity contribution in [2.24, 2.45) is 5.92 Å². The number of fused-ring (bicyclic) bond motifs is 1. The number of thioether (sulfide) groups is 1. The maximum atomic E-state index is 13.1. The Kier molecular flexibility index (Phi) is 9.82. The fourth-order valence-electron chi connectivity index (χ4n) is 3.62. The van der Waals surface area contributed by atoms with Gasteiger partial charge in [0.05, 0.1) is 41.8 Å². The lowest BCUT2D eigenvalue weighted by Crippen LogP contribution is -2.21. The smallest absolute Gasteiger partial charge is 0.306 e. The van der Waals surface area contributed by atoms with Crippen LogP contribution in [0.2, 0.25) is 5.02 Å². The molecular weight excluding hydrogens is 456 g/mol. The summed E-state index contributed by atoms with van der Waals surface area (Å²) in [5, 5.41) is 0.792. The first-order chi connectivity index (χ1) is 16.0. The van der Waals surface area contributed by atoms with Crippen LogP contribution in [-0.4, -0.2) is 27.9 Å². The van der Waals surface area contributed by atoms with Gasteiger partial charge in [0.15, 0.2) is 0 Å². The van der Waals surface area contributed by atoms with Crippen LogP contribution in [-0.2, 0) is 16.1 Å². The van der Waals surface area contributed by atoms with Crippen LogP contribution in [0.15, 0.2) is 58.5 Å². The largest absolute Gasteiger partial charge is 0.465 e. The fraction of sp³-hybridized carbons (Fsp3) is 0.423. The third-order valence-electron chi connectivity index (χ3n) is 5.68. The maximum Gasteiger partial charge on any atom is 0.306 e. The molecule has 7 heteroatoms. The summed E-state index contributed by atoms with van der Waals surface area (Å²) in [6.07, 6.45) is 6.28. The number of hydrogen-bond donors (Lipinski definition) is 0. The summed E-state index contributed by atoms with van der Waals surface area (Å²) in [6.45, 7) is 5.22. The number of hydrogen-bond acceptors (Lipinski definition) is 5. The van der Waals surface area contributed by atoms with E-state index < -0.39 is 0 Å². The average molecular weight is 487 g/mol. The Hall–Kier alpha value is -2.31. The van der Waals surface area contributed by atoms with Crippen molar-refractivity contribution in [3.05, 3.63) is 69.7 Å². The van der Waals surface area contributed by atoms with E-state index in [1.165, 1.54) is 11.8 Å². The predicted octanol–water partition coefficient (Wildman–Crippen LogP) is 6.34. The van der Waals surface area contributed by atoms with E-state index in [0.29, 0.717) is 47.2 Å². The number of aromatic nitrogens is 2. The number of nitrogens with zero attached hydrogens (tertiary/aromatic N) is 2. The Bertz CT molecular complexity index is 1120. The number of benzene rings is 2. The minimum absolute atomic E-state index is 0.173. The summed E-state index contributed by atoms with van der Waals surface area (Å²) in [6, 6.07) is 13.4. The lowest BCUT2D eigenvalue weighted by Gasteiger charge is -2.14. The van der Waals surface area contributed by atoms with Crippen LogP contribution in [0, 0.1) is 5.92 Å². The first-order valence-electron chi connectivity index (χ1n) is 11.5. The minimum atomic E-state index is -0.193. The first-order valence-corrected chi connectivity index (χ1v) is 12.9. The molecule has 0 amide bonds. The minimum Gasteiger partial charge on any atom is -0.465 e. The summed E-state index contributed by atoms with van der Waals surface area (Å²) in [5.74, 6) is 0.775. The van der Waals surface area contributed by atoms with Gasteiger partial charge in [-0.15, -0.1) is 11.8 Å². The van der Waals surface area contributed by atoms with Gasteiger partial charge in [-0.2, -0.15) is 0 Å². The third kappa shape index (κ3) is 7.08. The number of esters is 1. The van der Waals surface area contributed by atoms with Gasteiger partial charge in [0.1, 0.15) is 0 Å². The molecule has 1 unspecified atom stereocenters. The molecule has 1 atom stereocenters. The first kappa shape index (κ1) is 25.3. The van der Waals surface area contributed by atoms with Crippen molar-refractivity contribution in [1.29, 1.82) is 0 Å². The molecule has 3 rings (SSSR count). The van der Waals surface area contributed by atoms with E-state index >= 15 is 0 Å². The Morgan fingerprint density at radius 3 is 2.70 bits per heavy atom. The van der Waals surface area contributed by atoms with E-state index in [0.717, 1.165) is 36.1 Å². The number of carbonyl (C=O) groups is 1. The van der Waals surface area contributed by atoms with Gasteiger partial charge in [-0.3, -0.25) is 14.2 Å². The molecule has 0 fully saturated rings. The molecule has 176 valence electrons. The summed E-state index contributed by atoms with van der Waals surface area (Å²) < 4.78 is 7.04. The van der Waals surface area contributed by atoms with Crippen LogP contribution in [0.3, 0.4) is 0 Å². The monoisotopic (exact) mass is 486 g/mol. The standard InChI is InChI=1S/C26H31ClN2O3S/c1-3-5-9-19(4-2)17-32-23(30)14-15-33-22-13-12-21-24(25(22)27)26(31)29(18-28-21)16-20-10-7-6-8-11-20/h6-8,10-13,18-19H,3-5,9,14-17H2,1-2H3. The second kappa shape index (κ2) is 12.8. The molecule has 1 aromatic heterocycles. The highest BCUT2D eigenvalue weighted by Gasteiger charge is 2.14. The van der Waals surface area contributed by atoms with E-state index in [2.05, 4.69) is 18.8 Å². The molecule has 0 aliphatic rings. The van der Waals surface area contributed by atoms with Crippen molar-refractivity contribution in [3.63, 3.8) is 0 Å². The summed E-state index contributed by atoms with van der Waals surface area (Å²) in [5.41, 5.74) is 1.41. The Morgan fingerprint density at radius 1 is 1.18 bits per heavy atom. The highest BCUT2D eigenvalue weighted by Crippen LogP contribution is 2.32. The Labute approximate surface area is 204 Å². The number of ether oxygens (including phenoxy) is 1. The zero-order chi connectivity index (χ0) is 23.6. The second-order valence-electron chi connectivity index (χ2n) is 8.13. The molecule has 0 N–H and O–H groups in total.